The van der Waals surface area contributed by atoms with E-state index in [1.807, 2.05) is 50.2 Å². The fourth-order valence-electron chi connectivity index (χ4n) is 3.75. The Bertz CT molecular complexity index is 1000. The zero-order valence-electron chi connectivity index (χ0n) is 16.5. The van der Waals surface area contributed by atoms with Crippen LogP contribution in [0.3, 0.4) is 0 Å². The first kappa shape index (κ1) is 18.3. The fraction of sp³-hybridized carbons (Fsp3) is 0.304. The van der Waals surface area contributed by atoms with E-state index in [0.717, 1.165) is 29.9 Å². The molecule has 0 unspecified atom stereocenters. The van der Waals surface area contributed by atoms with Crippen LogP contribution in [-0.4, -0.2) is 23.1 Å². The lowest BCUT2D eigenvalue weighted by molar-refractivity contribution is 0.578. The van der Waals surface area contributed by atoms with Crippen molar-refractivity contribution >= 4 is 17.3 Å². The van der Waals surface area contributed by atoms with Crippen LogP contribution in [0.1, 0.15) is 30.5 Å². The van der Waals surface area contributed by atoms with Crippen LogP contribution in [0.4, 0.5) is 17.3 Å². The van der Waals surface area contributed by atoms with Crippen LogP contribution in [0.15, 0.2) is 53.3 Å². The van der Waals surface area contributed by atoms with Gasteiger partial charge in [-0.05, 0) is 62.9 Å². The number of aryl methyl sites for hydroxylation is 2. The van der Waals surface area contributed by atoms with E-state index in [9.17, 15) is 4.79 Å². The monoisotopic (exact) mass is 374 g/mol. The molecule has 1 aliphatic rings. The summed E-state index contributed by atoms with van der Waals surface area (Å²) in [6.07, 6.45) is 3.85. The summed E-state index contributed by atoms with van der Waals surface area (Å²) >= 11 is 0. The van der Waals surface area contributed by atoms with Crippen LogP contribution in [0.2, 0.25) is 0 Å². The number of nitrogens with one attached hydrogen (secondary N) is 2. The molecule has 0 radical (unpaired) electrons. The number of hydrogen-bond donors (Lipinski definition) is 2. The lowest BCUT2D eigenvalue weighted by Crippen LogP contribution is -2.29. The molecule has 2 aromatic carbocycles. The zero-order chi connectivity index (χ0) is 19.5. The van der Waals surface area contributed by atoms with Gasteiger partial charge in [-0.1, -0.05) is 29.8 Å². The molecule has 28 heavy (non-hydrogen) atoms. The molecule has 0 bridgehead atoms. The Kier molecular flexibility index (Phi) is 5.15. The first-order chi connectivity index (χ1) is 13.6. The largest absolute Gasteiger partial charge is 0.372 e. The summed E-state index contributed by atoms with van der Waals surface area (Å²) in [7, 11) is 0. The minimum absolute atomic E-state index is 0.135. The van der Waals surface area contributed by atoms with Gasteiger partial charge in [0, 0.05) is 24.5 Å². The third kappa shape index (κ3) is 3.93. The summed E-state index contributed by atoms with van der Waals surface area (Å²) in [4.78, 5) is 22.5. The molecule has 1 aliphatic heterocycles. The second-order valence-electron chi connectivity index (χ2n) is 7.46. The molecule has 2 N–H and O–H groups in total. The molecule has 5 nitrogen and oxygen atoms in total. The van der Waals surface area contributed by atoms with Crippen molar-refractivity contribution in [2.24, 2.45) is 0 Å². The van der Waals surface area contributed by atoms with Crippen molar-refractivity contribution in [2.75, 3.05) is 23.3 Å². The summed E-state index contributed by atoms with van der Waals surface area (Å²) in [5.41, 5.74) is 5.39. The first-order valence-electron chi connectivity index (χ1n) is 9.90. The molecule has 0 amide bonds. The maximum absolute atomic E-state index is 12.7. The van der Waals surface area contributed by atoms with Crippen LogP contribution in [0.25, 0.3) is 11.1 Å². The van der Waals surface area contributed by atoms with E-state index in [1.54, 1.807) is 0 Å². The molecule has 5 heteroatoms. The van der Waals surface area contributed by atoms with Crippen LogP contribution in [0, 0.1) is 13.8 Å². The van der Waals surface area contributed by atoms with Crippen molar-refractivity contribution in [3.05, 3.63) is 70.1 Å². The molecule has 1 fully saturated rings. The number of aromatic nitrogens is 2. The van der Waals surface area contributed by atoms with E-state index < -0.39 is 0 Å². The summed E-state index contributed by atoms with van der Waals surface area (Å²) < 4.78 is 0. The average Bonchev–Trinajstić information content (AvgIpc) is 2.70. The highest BCUT2D eigenvalue weighted by Crippen LogP contribution is 2.24. The Balaban J connectivity index is 1.53. The average molecular weight is 374 g/mol. The highest BCUT2D eigenvalue weighted by atomic mass is 16.1. The maximum Gasteiger partial charge on any atom is 0.260 e. The normalized spacial score (nSPS) is 14.1. The van der Waals surface area contributed by atoms with Gasteiger partial charge in [-0.2, -0.15) is 0 Å². The third-order valence-electron chi connectivity index (χ3n) is 5.29. The third-order valence-corrected chi connectivity index (χ3v) is 5.29. The van der Waals surface area contributed by atoms with Crippen molar-refractivity contribution in [3.8, 4) is 11.1 Å². The lowest BCUT2D eigenvalue weighted by Gasteiger charge is -2.28. The summed E-state index contributed by atoms with van der Waals surface area (Å²) in [6, 6.07) is 16.2. The number of nitrogens with zero attached hydrogens (tertiary/aromatic N) is 2. The van der Waals surface area contributed by atoms with Crippen molar-refractivity contribution in [1.29, 1.82) is 0 Å². The molecule has 0 saturated carbocycles. The Morgan fingerprint density at radius 3 is 2.25 bits per heavy atom. The van der Waals surface area contributed by atoms with E-state index in [2.05, 4.69) is 32.3 Å². The second-order valence-corrected chi connectivity index (χ2v) is 7.46. The number of H-pyrrole nitrogens is 1. The molecule has 4 rings (SSSR count). The van der Waals surface area contributed by atoms with E-state index in [-0.39, 0.29) is 5.56 Å². The highest BCUT2D eigenvalue weighted by Gasteiger charge is 2.12. The predicted molar refractivity (Wildman–Crippen MR) is 116 cm³/mol. The molecule has 1 aromatic heterocycles. The van der Waals surface area contributed by atoms with Crippen LogP contribution in [0.5, 0.6) is 0 Å². The minimum Gasteiger partial charge on any atom is -0.372 e. The molecular weight excluding hydrogens is 348 g/mol. The molecule has 3 aromatic rings. The van der Waals surface area contributed by atoms with E-state index in [1.165, 1.54) is 24.9 Å². The number of aromatic amines is 1. The van der Waals surface area contributed by atoms with E-state index in [4.69, 9.17) is 0 Å². The number of anilines is 3. The van der Waals surface area contributed by atoms with Gasteiger partial charge in [0.05, 0.1) is 11.3 Å². The number of rotatable bonds is 4. The van der Waals surface area contributed by atoms with Crippen LogP contribution >= 0.6 is 0 Å². The summed E-state index contributed by atoms with van der Waals surface area (Å²) in [6.45, 7) is 6.15. The van der Waals surface area contributed by atoms with E-state index in [0.29, 0.717) is 17.2 Å². The number of hydrogen-bond acceptors (Lipinski definition) is 4. The predicted octanol–water partition coefficient (Wildman–Crippen LogP) is 4.79. The SMILES string of the molecule is Cc1ccc(-c2c(C)nc(Nc3ccc(N4CCCCC4)cc3)[nH]c2=O)cc1. The summed E-state index contributed by atoms with van der Waals surface area (Å²) in [5.74, 6) is 0.462. The van der Waals surface area contributed by atoms with Gasteiger partial charge in [0.25, 0.3) is 5.56 Å². The quantitative estimate of drug-likeness (QED) is 0.689. The fourth-order valence-corrected chi connectivity index (χ4v) is 3.75. The van der Waals surface area contributed by atoms with Crippen molar-refractivity contribution in [2.45, 2.75) is 33.1 Å². The van der Waals surface area contributed by atoms with Gasteiger partial charge in [-0.3, -0.25) is 9.78 Å². The van der Waals surface area contributed by atoms with Gasteiger partial charge < -0.3 is 10.2 Å². The van der Waals surface area contributed by atoms with Crippen molar-refractivity contribution < 1.29 is 0 Å². The lowest BCUT2D eigenvalue weighted by atomic mass is 10.0. The highest BCUT2D eigenvalue weighted by molar-refractivity contribution is 5.66. The molecule has 2 heterocycles. The zero-order valence-corrected chi connectivity index (χ0v) is 16.5. The van der Waals surface area contributed by atoms with Crippen LogP contribution < -0.4 is 15.8 Å². The topological polar surface area (TPSA) is 61.0 Å². The van der Waals surface area contributed by atoms with Crippen molar-refractivity contribution in [3.63, 3.8) is 0 Å². The first-order valence-corrected chi connectivity index (χ1v) is 9.90. The number of benzene rings is 2. The summed E-state index contributed by atoms with van der Waals surface area (Å²) in [5, 5.41) is 3.22. The van der Waals surface area contributed by atoms with Gasteiger partial charge >= 0.3 is 0 Å². The molecule has 0 spiro atoms. The molecule has 0 aliphatic carbocycles. The van der Waals surface area contributed by atoms with Gasteiger partial charge in [-0.25, -0.2) is 4.98 Å². The molecule has 144 valence electrons. The van der Waals surface area contributed by atoms with Crippen molar-refractivity contribution in [1.82, 2.24) is 9.97 Å². The molecular formula is C23H26N4O. The number of piperidine rings is 1. The van der Waals surface area contributed by atoms with Gasteiger partial charge in [-0.15, -0.1) is 0 Å². The molecule has 1 saturated heterocycles. The Labute approximate surface area is 165 Å². The van der Waals surface area contributed by atoms with Gasteiger partial charge in [0.1, 0.15) is 0 Å². The maximum atomic E-state index is 12.7. The Hall–Kier alpha value is -3.08. The van der Waals surface area contributed by atoms with Gasteiger partial charge in [0.2, 0.25) is 5.95 Å². The standard InChI is InChI=1S/C23H26N4O/c1-16-6-8-18(9-7-16)21-17(2)24-23(26-22(21)28)25-19-10-12-20(13-11-19)27-14-4-3-5-15-27/h6-13H,3-5,14-15H2,1-2H3,(H2,24,25,26,28). The second kappa shape index (κ2) is 7.89. The Morgan fingerprint density at radius 1 is 0.929 bits per heavy atom. The van der Waals surface area contributed by atoms with Gasteiger partial charge in [0.15, 0.2) is 0 Å². The van der Waals surface area contributed by atoms with Crippen LogP contribution in [-0.2, 0) is 0 Å². The molecule has 0 atom stereocenters. The van der Waals surface area contributed by atoms with E-state index >= 15 is 0 Å². The smallest absolute Gasteiger partial charge is 0.260 e. The Morgan fingerprint density at radius 2 is 1.61 bits per heavy atom. The minimum atomic E-state index is -0.135.